The average molecular weight is 219 g/mol. The number of amides is 1. The van der Waals surface area contributed by atoms with Crippen LogP contribution < -0.4 is 5.73 Å². The van der Waals surface area contributed by atoms with Gasteiger partial charge in [-0.05, 0) is 13.3 Å². The van der Waals surface area contributed by atoms with Crippen molar-refractivity contribution in [1.29, 1.82) is 0 Å². The monoisotopic (exact) mass is 219 g/mol. The summed E-state index contributed by atoms with van der Waals surface area (Å²) < 4.78 is 0. The first-order chi connectivity index (χ1) is 7.68. The first-order valence-corrected chi connectivity index (χ1v) is 5.65. The normalized spacial score (nSPS) is 10.2. The average Bonchev–Trinajstić information content (AvgIpc) is 2.32. The molecule has 0 bridgehead atoms. The molecule has 1 aromatic carbocycles. The highest BCUT2D eigenvalue weighted by Crippen LogP contribution is 1.99. The van der Waals surface area contributed by atoms with Crippen molar-refractivity contribution < 1.29 is 4.79 Å². The van der Waals surface area contributed by atoms with E-state index < -0.39 is 0 Å². The highest BCUT2D eigenvalue weighted by atomic mass is 16.1. The van der Waals surface area contributed by atoms with E-state index in [4.69, 9.17) is 5.73 Å². The topological polar surface area (TPSA) is 43.1 Å². The van der Waals surface area contributed by atoms with Gasteiger partial charge in [0, 0.05) is 5.57 Å². The van der Waals surface area contributed by atoms with Gasteiger partial charge in [0.05, 0.1) is 0 Å². The summed E-state index contributed by atoms with van der Waals surface area (Å²) in [5.74, 6) is -0.309. The number of hydrogen-bond donors (Lipinski definition) is 1. The Morgan fingerprint density at radius 2 is 1.56 bits per heavy atom. The number of nitrogens with two attached hydrogens (primary N) is 1. The summed E-state index contributed by atoms with van der Waals surface area (Å²) in [6, 6.07) is 12.0. The van der Waals surface area contributed by atoms with E-state index in [0.717, 1.165) is 19.3 Å². The summed E-state index contributed by atoms with van der Waals surface area (Å²) >= 11 is 0. The Balaban J connectivity index is 0.000000315. The number of carbonyl (C=O) groups is 1. The lowest BCUT2D eigenvalue weighted by atomic mass is 10.2. The van der Waals surface area contributed by atoms with E-state index in [2.05, 4.69) is 6.92 Å². The highest BCUT2D eigenvalue weighted by Gasteiger charge is 1.93. The van der Waals surface area contributed by atoms with Gasteiger partial charge in [0.2, 0.25) is 5.91 Å². The maximum atomic E-state index is 10.4. The second-order valence-corrected chi connectivity index (χ2v) is 3.55. The van der Waals surface area contributed by atoms with Gasteiger partial charge in [0.15, 0.2) is 0 Å². The van der Waals surface area contributed by atoms with E-state index in [1.807, 2.05) is 42.5 Å². The van der Waals surface area contributed by atoms with Crippen LogP contribution in [0.25, 0.3) is 0 Å². The minimum atomic E-state index is -0.309. The standard InChI is InChI=1S/C8H15NO.C6H6/c1-3-4-5-6-7(2)8(9)10;1-2-4-6-5-3-1/h6H,3-5H2,1-2H3,(H2,9,10);1-6H. The lowest BCUT2D eigenvalue weighted by molar-refractivity contribution is -0.114. The van der Waals surface area contributed by atoms with Crippen LogP contribution in [0.5, 0.6) is 0 Å². The Labute approximate surface area is 98.2 Å². The number of benzene rings is 1. The zero-order valence-corrected chi connectivity index (χ0v) is 10.1. The molecule has 0 aliphatic carbocycles. The molecule has 2 heteroatoms. The second kappa shape index (κ2) is 9.97. The van der Waals surface area contributed by atoms with Gasteiger partial charge in [-0.2, -0.15) is 0 Å². The largest absolute Gasteiger partial charge is 0.366 e. The lowest BCUT2D eigenvalue weighted by Crippen LogP contribution is -2.11. The summed E-state index contributed by atoms with van der Waals surface area (Å²) in [4.78, 5) is 10.4. The van der Waals surface area contributed by atoms with Crippen LogP contribution in [-0.4, -0.2) is 5.91 Å². The van der Waals surface area contributed by atoms with Crippen molar-refractivity contribution in [3.05, 3.63) is 48.0 Å². The van der Waals surface area contributed by atoms with Crippen molar-refractivity contribution in [2.75, 3.05) is 0 Å². The van der Waals surface area contributed by atoms with E-state index in [1.54, 1.807) is 6.92 Å². The number of unbranched alkanes of at least 4 members (excludes halogenated alkanes) is 2. The van der Waals surface area contributed by atoms with Gasteiger partial charge in [-0.3, -0.25) is 4.79 Å². The summed E-state index contributed by atoms with van der Waals surface area (Å²) in [6.45, 7) is 3.87. The molecule has 0 atom stereocenters. The van der Waals surface area contributed by atoms with Gasteiger partial charge in [-0.1, -0.05) is 62.2 Å². The molecule has 0 fully saturated rings. The van der Waals surface area contributed by atoms with Crippen molar-refractivity contribution in [2.45, 2.75) is 33.1 Å². The third-order valence-electron chi connectivity index (χ3n) is 2.06. The summed E-state index contributed by atoms with van der Waals surface area (Å²) in [5, 5.41) is 0. The molecule has 0 heterocycles. The Kier molecular flexibility index (Phi) is 8.99. The van der Waals surface area contributed by atoms with E-state index in [9.17, 15) is 4.79 Å². The molecule has 0 radical (unpaired) electrons. The molecular formula is C14H21NO. The van der Waals surface area contributed by atoms with E-state index in [-0.39, 0.29) is 5.91 Å². The fourth-order valence-corrected chi connectivity index (χ4v) is 1.01. The maximum Gasteiger partial charge on any atom is 0.244 e. The van der Waals surface area contributed by atoms with Crippen LogP contribution in [0, 0.1) is 0 Å². The molecule has 88 valence electrons. The van der Waals surface area contributed by atoms with Crippen LogP contribution >= 0.6 is 0 Å². The van der Waals surface area contributed by atoms with Crippen molar-refractivity contribution in [2.24, 2.45) is 5.73 Å². The molecule has 2 N–H and O–H groups in total. The van der Waals surface area contributed by atoms with Gasteiger partial charge >= 0.3 is 0 Å². The fraction of sp³-hybridized carbons (Fsp3) is 0.357. The van der Waals surface area contributed by atoms with Crippen LogP contribution in [0.15, 0.2) is 48.0 Å². The minimum Gasteiger partial charge on any atom is -0.366 e. The summed E-state index contributed by atoms with van der Waals surface area (Å²) in [5.41, 5.74) is 5.69. The third-order valence-corrected chi connectivity index (χ3v) is 2.06. The van der Waals surface area contributed by atoms with Crippen LogP contribution in [0.2, 0.25) is 0 Å². The van der Waals surface area contributed by atoms with Gasteiger partial charge in [-0.15, -0.1) is 0 Å². The third kappa shape index (κ3) is 9.00. The highest BCUT2D eigenvalue weighted by molar-refractivity contribution is 5.91. The minimum absolute atomic E-state index is 0.309. The Hall–Kier alpha value is -1.57. The predicted octanol–water partition coefficient (Wildman–Crippen LogP) is 3.29. The zero-order valence-electron chi connectivity index (χ0n) is 10.1. The van der Waals surface area contributed by atoms with E-state index >= 15 is 0 Å². The Morgan fingerprint density at radius 1 is 1.12 bits per heavy atom. The lowest BCUT2D eigenvalue weighted by Gasteiger charge is -1.92. The molecule has 0 aliphatic heterocycles. The van der Waals surface area contributed by atoms with Crippen LogP contribution in [-0.2, 0) is 4.79 Å². The molecule has 16 heavy (non-hydrogen) atoms. The van der Waals surface area contributed by atoms with Gasteiger partial charge < -0.3 is 5.73 Å². The number of carbonyl (C=O) groups excluding carboxylic acids is 1. The first kappa shape index (κ1) is 14.4. The molecule has 0 saturated heterocycles. The fourth-order valence-electron chi connectivity index (χ4n) is 1.01. The van der Waals surface area contributed by atoms with Crippen LogP contribution in [0.3, 0.4) is 0 Å². The Bertz CT molecular complexity index is 277. The number of allylic oxidation sites excluding steroid dienone is 1. The van der Waals surface area contributed by atoms with Crippen LogP contribution in [0.1, 0.15) is 33.1 Å². The number of primary amides is 1. The molecule has 1 amide bonds. The van der Waals surface area contributed by atoms with Crippen molar-refractivity contribution in [3.8, 4) is 0 Å². The SMILES string of the molecule is CCCCC=C(C)C(N)=O.c1ccccc1. The van der Waals surface area contributed by atoms with Crippen LogP contribution in [0.4, 0.5) is 0 Å². The molecule has 0 spiro atoms. The predicted molar refractivity (Wildman–Crippen MR) is 68.9 cm³/mol. The molecule has 0 saturated carbocycles. The summed E-state index contributed by atoms with van der Waals surface area (Å²) in [7, 11) is 0. The maximum absolute atomic E-state index is 10.4. The van der Waals surface area contributed by atoms with Gasteiger partial charge in [0.1, 0.15) is 0 Å². The first-order valence-electron chi connectivity index (χ1n) is 5.65. The molecule has 1 rings (SSSR count). The number of rotatable bonds is 4. The molecular weight excluding hydrogens is 198 g/mol. The molecule has 2 nitrogen and oxygen atoms in total. The smallest absolute Gasteiger partial charge is 0.244 e. The van der Waals surface area contributed by atoms with Gasteiger partial charge in [0.25, 0.3) is 0 Å². The Morgan fingerprint density at radius 3 is 1.88 bits per heavy atom. The van der Waals surface area contributed by atoms with Gasteiger partial charge in [-0.25, -0.2) is 0 Å². The van der Waals surface area contributed by atoms with Crippen molar-refractivity contribution in [1.82, 2.24) is 0 Å². The molecule has 0 aliphatic rings. The van der Waals surface area contributed by atoms with Crippen molar-refractivity contribution in [3.63, 3.8) is 0 Å². The second-order valence-electron chi connectivity index (χ2n) is 3.55. The molecule has 1 aromatic rings. The quantitative estimate of drug-likeness (QED) is 0.613. The molecule has 0 unspecified atom stereocenters. The van der Waals surface area contributed by atoms with E-state index in [1.165, 1.54) is 0 Å². The molecule has 0 aromatic heterocycles. The number of hydrogen-bond acceptors (Lipinski definition) is 1. The van der Waals surface area contributed by atoms with Crippen molar-refractivity contribution >= 4 is 5.91 Å². The summed E-state index contributed by atoms with van der Waals surface area (Å²) in [6.07, 6.45) is 5.14. The zero-order chi connectivity index (χ0) is 12.2. The van der Waals surface area contributed by atoms with E-state index in [0.29, 0.717) is 5.57 Å².